The van der Waals surface area contributed by atoms with E-state index >= 15 is 0 Å². The van der Waals surface area contributed by atoms with E-state index in [2.05, 4.69) is 43.6 Å². The lowest BCUT2D eigenvalue weighted by molar-refractivity contribution is -0.117. The van der Waals surface area contributed by atoms with Crippen molar-refractivity contribution in [2.45, 2.75) is 64.7 Å². The van der Waals surface area contributed by atoms with Crippen molar-refractivity contribution in [3.63, 3.8) is 0 Å². The minimum Gasteiger partial charge on any atom is -0.494 e. The summed E-state index contributed by atoms with van der Waals surface area (Å²) in [4.78, 5) is 29.9. The number of aryl methyl sites for hydroxylation is 2. The van der Waals surface area contributed by atoms with Crippen molar-refractivity contribution >= 4 is 81.0 Å². The van der Waals surface area contributed by atoms with Crippen LogP contribution in [0.1, 0.15) is 63.0 Å². The summed E-state index contributed by atoms with van der Waals surface area (Å²) in [5.74, 6) is 1.85. The van der Waals surface area contributed by atoms with Crippen LogP contribution in [-0.4, -0.2) is 88.8 Å². The Labute approximate surface area is 381 Å². The number of hydrogen-bond acceptors (Lipinski definition) is 8. The molecule has 14 heteroatoms. The van der Waals surface area contributed by atoms with Gasteiger partial charge in [-0.25, -0.2) is 0 Å². The molecule has 0 aromatic heterocycles. The first-order chi connectivity index (χ1) is 29.7. The fourth-order valence-electron chi connectivity index (χ4n) is 7.64. The van der Waals surface area contributed by atoms with Gasteiger partial charge in [0.25, 0.3) is 0 Å². The number of unbranched alkanes of at least 4 members (excludes halogenated alkanes) is 3. The molecule has 4 aliphatic rings. The van der Waals surface area contributed by atoms with E-state index in [1.54, 1.807) is 0 Å². The number of benzene rings is 4. The van der Waals surface area contributed by atoms with Crippen LogP contribution in [0.25, 0.3) is 0 Å². The summed E-state index contributed by atoms with van der Waals surface area (Å²) in [6.45, 7) is 12.6. The number of nitrogens with one attached hydrogen (secondary N) is 3. The third-order valence-electron chi connectivity index (χ3n) is 11.1. The third kappa shape index (κ3) is 14.1. The second-order valence-corrected chi connectivity index (χ2v) is 17.1. The van der Waals surface area contributed by atoms with Crippen molar-refractivity contribution in [2.24, 2.45) is 0 Å². The number of nitrogens with zero attached hydrogens (tertiary/aromatic N) is 3. The molecule has 4 heterocycles. The molecule has 0 spiro atoms. The van der Waals surface area contributed by atoms with Crippen molar-refractivity contribution in [3.05, 3.63) is 104 Å². The maximum atomic E-state index is 11.5. The summed E-state index contributed by atoms with van der Waals surface area (Å²) in [6.07, 6.45) is 8.36. The molecule has 61 heavy (non-hydrogen) atoms. The van der Waals surface area contributed by atoms with Gasteiger partial charge in [-0.1, -0.05) is 90.4 Å². The molecule has 0 radical (unpaired) electrons. The predicted octanol–water partition coefficient (Wildman–Crippen LogP) is 10.4. The highest BCUT2D eigenvalue weighted by Crippen LogP contribution is 2.34. The molecule has 0 unspecified atom stereocenters. The molecule has 0 atom stereocenters. The van der Waals surface area contributed by atoms with Crippen LogP contribution in [0.15, 0.2) is 72.8 Å². The Hall–Kier alpha value is -3.90. The first-order valence-electron chi connectivity index (χ1n) is 21.6. The van der Waals surface area contributed by atoms with Crippen LogP contribution < -0.4 is 35.2 Å². The monoisotopic (exact) mass is 910 g/mol. The predicted molar refractivity (Wildman–Crippen MR) is 253 cm³/mol. The van der Waals surface area contributed by atoms with E-state index in [0.717, 1.165) is 132 Å². The Kier molecular flexibility index (Phi) is 18.4. The van der Waals surface area contributed by atoms with Gasteiger partial charge < -0.3 is 35.2 Å². The first-order valence-corrected chi connectivity index (χ1v) is 23.1. The van der Waals surface area contributed by atoms with Crippen molar-refractivity contribution < 1.29 is 19.1 Å². The van der Waals surface area contributed by atoms with Crippen LogP contribution in [0.2, 0.25) is 20.1 Å². The highest BCUT2D eigenvalue weighted by Gasteiger charge is 2.20. The minimum atomic E-state index is 0.0809. The molecule has 0 aliphatic carbocycles. The SMILES string of the molecule is CCCCCOc1ccc2c(c1)NC(=O)CC2.Clc1cccc(N2CCNCC2)c1Cl.O=C1CCc2ccc(OCCCCN3CCN(c4cccc(Cl)c4Cl)CC3)cc2N1. The fraction of sp³-hybridized carbons (Fsp3) is 0.447. The van der Waals surface area contributed by atoms with E-state index in [1.807, 2.05) is 66.7 Å². The zero-order chi connectivity index (χ0) is 43.0. The number of rotatable bonds is 13. The lowest BCUT2D eigenvalue weighted by Crippen LogP contribution is -2.46. The smallest absolute Gasteiger partial charge is 0.224 e. The van der Waals surface area contributed by atoms with Crippen molar-refractivity contribution in [1.82, 2.24) is 10.2 Å². The maximum Gasteiger partial charge on any atom is 0.224 e. The molecule has 2 fully saturated rings. The van der Waals surface area contributed by atoms with Crippen LogP contribution in [0.4, 0.5) is 22.7 Å². The highest BCUT2D eigenvalue weighted by molar-refractivity contribution is 6.44. The maximum absolute atomic E-state index is 11.5. The van der Waals surface area contributed by atoms with Gasteiger partial charge in [0.05, 0.1) is 44.7 Å². The fourth-order valence-corrected chi connectivity index (χ4v) is 8.47. The quantitative estimate of drug-likeness (QED) is 0.114. The number of piperazine rings is 2. The third-order valence-corrected chi connectivity index (χ3v) is 12.8. The number of halogens is 4. The first kappa shape index (κ1) is 46.6. The summed E-state index contributed by atoms with van der Waals surface area (Å²) >= 11 is 24.6. The van der Waals surface area contributed by atoms with Gasteiger partial charge >= 0.3 is 0 Å². The van der Waals surface area contributed by atoms with E-state index in [9.17, 15) is 9.59 Å². The van der Waals surface area contributed by atoms with E-state index < -0.39 is 0 Å². The lowest BCUT2D eigenvalue weighted by Gasteiger charge is -2.36. The largest absolute Gasteiger partial charge is 0.494 e. The van der Waals surface area contributed by atoms with Crippen molar-refractivity contribution in [2.75, 3.05) is 92.5 Å². The number of fused-ring (bicyclic) bond motifs is 2. The molecule has 2 amide bonds. The molecule has 328 valence electrons. The number of amides is 2. The van der Waals surface area contributed by atoms with Gasteiger partial charge in [-0.2, -0.15) is 0 Å². The highest BCUT2D eigenvalue weighted by atomic mass is 35.5. The molecule has 3 N–H and O–H groups in total. The molecular formula is C47H58Cl4N6O4. The second kappa shape index (κ2) is 24.1. The van der Waals surface area contributed by atoms with Gasteiger partial charge in [0.15, 0.2) is 0 Å². The molecule has 4 aliphatic heterocycles. The van der Waals surface area contributed by atoms with E-state index in [-0.39, 0.29) is 11.8 Å². The average Bonchev–Trinajstić information content (AvgIpc) is 3.28. The van der Waals surface area contributed by atoms with E-state index in [1.165, 1.54) is 24.0 Å². The number of anilines is 4. The summed E-state index contributed by atoms with van der Waals surface area (Å²) in [5, 5.41) is 11.6. The van der Waals surface area contributed by atoms with Gasteiger partial charge in [0, 0.05) is 88.7 Å². The Balaban J connectivity index is 0.000000169. The Morgan fingerprint density at radius 3 is 1.57 bits per heavy atom. The van der Waals surface area contributed by atoms with Crippen LogP contribution in [0, 0.1) is 0 Å². The number of ether oxygens (including phenoxy) is 2. The Bertz CT molecular complexity index is 2060. The molecule has 4 aromatic carbocycles. The summed E-state index contributed by atoms with van der Waals surface area (Å²) < 4.78 is 11.5. The molecule has 10 nitrogen and oxygen atoms in total. The number of carbonyl (C=O) groups excluding carboxylic acids is 2. The summed E-state index contributed by atoms with van der Waals surface area (Å²) in [7, 11) is 0. The minimum absolute atomic E-state index is 0.0809. The van der Waals surface area contributed by atoms with E-state index in [0.29, 0.717) is 39.5 Å². The lowest BCUT2D eigenvalue weighted by atomic mass is 10.0. The van der Waals surface area contributed by atoms with Crippen LogP contribution in [0.3, 0.4) is 0 Å². The summed E-state index contributed by atoms with van der Waals surface area (Å²) in [6, 6.07) is 23.5. The number of hydrogen-bond donors (Lipinski definition) is 3. The van der Waals surface area contributed by atoms with Crippen LogP contribution in [-0.2, 0) is 22.4 Å². The van der Waals surface area contributed by atoms with Gasteiger partial charge in [-0.15, -0.1) is 0 Å². The standard InChI is InChI=1S/C23H27Cl2N3O2.C14H19NO2.C10H12Cl2N2/c24-19-4-3-5-21(23(19)25)28-13-11-27(12-14-28)10-1-2-15-30-18-8-6-17-7-9-22(29)26-20(17)16-18;1-2-3-4-9-17-12-7-5-11-6-8-14(16)15-13(11)10-12;11-8-2-1-3-9(10(8)12)14-6-4-13-5-7-14/h3-6,8,16H,1-2,7,9-15H2,(H,26,29);5,7,10H,2-4,6,8-9H2,1H3,(H,15,16);1-3,13H,4-7H2. The van der Waals surface area contributed by atoms with Crippen LogP contribution >= 0.6 is 46.4 Å². The van der Waals surface area contributed by atoms with Crippen LogP contribution in [0.5, 0.6) is 11.5 Å². The number of carbonyl (C=O) groups is 2. The van der Waals surface area contributed by atoms with E-state index in [4.69, 9.17) is 55.9 Å². The Morgan fingerprint density at radius 1 is 0.574 bits per heavy atom. The average molecular weight is 913 g/mol. The summed E-state index contributed by atoms with van der Waals surface area (Å²) in [5.41, 5.74) is 6.25. The Morgan fingerprint density at radius 2 is 1.07 bits per heavy atom. The van der Waals surface area contributed by atoms with Crippen molar-refractivity contribution in [3.8, 4) is 11.5 Å². The molecule has 8 rings (SSSR count). The van der Waals surface area contributed by atoms with Crippen molar-refractivity contribution in [1.29, 1.82) is 0 Å². The molecule has 0 saturated carbocycles. The van der Waals surface area contributed by atoms with Gasteiger partial charge in [0.1, 0.15) is 11.5 Å². The topological polar surface area (TPSA) is 98.4 Å². The van der Waals surface area contributed by atoms with Gasteiger partial charge in [-0.3, -0.25) is 14.5 Å². The molecule has 4 aromatic rings. The molecule has 2 saturated heterocycles. The zero-order valence-electron chi connectivity index (χ0n) is 35.1. The molecule has 0 bridgehead atoms. The van der Waals surface area contributed by atoms with Gasteiger partial charge in [-0.05, 0) is 86.2 Å². The van der Waals surface area contributed by atoms with Gasteiger partial charge in [0.2, 0.25) is 11.8 Å². The zero-order valence-corrected chi connectivity index (χ0v) is 38.1. The second-order valence-electron chi connectivity index (χ2n) is 15.6. The molecular weight excluding hydrogens is 854 g/mol. The normalized spacial score (nSPS) is 16.1.